The number of aromatic nitrogens is 1. The van der Waals surface area contributed by atoms with Crippen molar-refractivity contribution in [2.45, 2.75) is 26.1 Å². The molecular weight excluding hydrogens is 274 g/mol. The first-order valence-electron chi connectivity index (χ1n) is 6.43. The zero-order chi connectivity index (χ0) is 15.4. The molecule has 0 spiro atoms. The SMILES string of the molecule is CC(C)OC(=O)C(Oc1ccc2ccccc2n1)C(=O)O. The van der Waals surface area contributed by atoms with E-state index < -0.39 is 24.1 Å². The average Bonchev–Trinajstić information content (AvgIpc) is 2.43. The van der Waals surface area contributed by atoms with Gasteiger partial charge in [0.2, 0.25) is 5.88 Å². The highest BCUT2D eigenvalue weighted by molar-refractivity contribution is 5.97. The van der Waals surface area contributed by atoms with Crippen LogP contribution in [0.4, 0.5) is 0 Å². The van der Waals surface area contributed by atoms with Crippen LogP contribution < -0.4 is 4.74 Å². The third-order valence-electron chi connectivity index (χ3n) is 2.60. The Morgan fingerprint density at radius 2 is 1.86 bits per heavy atom. The number of carbonyl (C=O) groups excluding carboxylic acids is 1. The van der Waals surface area contributed by atoms with Gasteiger partial charge in [0.15, 0.2) is 0 Å². The number of pyridine rings is 1. The molecule has 1 aromatic carbocycles. The van der Waals surface area contributed by atoms with Crippen LogP contribution in [0.1, 0.15) is 13.8 Å². The van der Waals surface area contributed by atoms with E-state index in [9.17, 15) is 9.59 Å². The molecule has 1 unspecified atom stereocenters. The Hall–Kier alpha value is -2.63. The van der Waals surface area contributed by atoms with E-state index >= 15 is 0 Å². The number of hydrogen-bond acceptors (Lipinski definition) is 5. The molecule has 0 amide bonds. The van der Waals surface area contributed by atoms with Crippen LogP contribution in [0.25, 0.3) is 10.9 Å². The van der Waals surface area contributed by atoms with E-state index in [1.165, 1.54) is 6.07 Å². The van der Waals surface area contributed by atoms with E-state index in [0.717, 1.165) is 5.39 Å². The molecule has 0 saturated heterocycles. The maximum absolute atomic E-state index is 11.7. The average molecular weight is 289 g/mol. The number of benzene rings is 1. The highest BCUT2D eigenvalue weighted by Crippen LogP contribution is 2.17. The van der Waals surface area contributed by atoms with Gasteiger partial charge < -0.3 is 14.6 Å². The van der Waals surface area contributed by atoms with Gasteiger partial charge in [0.05, 0.1) is 11.6 Å². The number of para-hydroxylation sites is 1. The first-order valence-corrected chi connectivity index (χ1v) is 6.43. The van der Waals surface area contributed by atoms with E-state index in [0.29, 0.717) is 5.52 Å². The van der Waals surface area contributed by atoms with Gasteiger partial charge in [-0.05, 0) is 26.0 Å². The Labute approximate surface area is 121 Å². The largest absolute Gasteiger partial charge is 0.478 e. The lowest BCUT2D eigenvalue weighted by Crippen LogP contribution is -2.38. The van der Waals surface area contributed by atoms with Crippen molar-refractivity contribution in [2.24, 2.45) is 0 Å². The summed E-state index contributed by atoms with van der Waals surface area (Å²) in [6.45, 7) is 3.26. The third kappa shape index (κ3) is 3.68. The van der Waals surface area contributed by atoms with E-state index in [1.807, 2.05) is 12.1 Å². The Bertz CT molecular complexity index is 668. The number of aliphatic carboxylic acids is 1. The Morgan fingerprint density at radius 1 is 1.14 bits per heavy atom. The van der Waals surface area contributed by atoms with Crippen LogP contribution in [0.2, 0.25) is 0 Å². The third-order valence-corrected chi connectivity index (χ3v) is 2.60. The minimum absolute atomic E-state index is 0.0572. The molecule has 0 aliphatic heterocycles. The quantitative estimate of drug-likeness (QED) is 0.669. The molecular formula is C15H15NO5. The smallest absolute Gasteiger partial charge is 0.359 e. The predicted molar refractivity (Wildman–Crippen MR) is 75.0 cm³/mol. The summed E-state index contributed by atoms with van der Waals surface area (Å²) in [4.78, 5) is 27.0. The van der Waals surface area contributed by atoms with E-state index in [2.05, 4.69) is 4.98 Å². The van der Waals surface area contributed by atoms with Gasteiger partial charge in [-0.15, -0.1) is 0 Å². The summed E-state index contributed by atoms with van der Waals surface area (Å²) >= 11 is 0. The highest BCUT2D eigenvalue weighted by atomic mass is 16.6. The second kappa shape index (κ2) is 6.21. The number of hydrogen-bond donors (Lipinski definition) is 1. The van der Waals surface area contributed by atoms with Crippen molar-refractivity contribution in [2.75, 3.05) is 0 Å². The van der Waals surface area contributed by atoms with Crippen LogP contribution >= 0.6 is 0 Å². The molecule has 6 heteroatoms. The van der Waals surface area contributed by atoms with Gasteiger partial charge in [-0.1, -0.05) is 18.2 Å². The lowest BCUT2D eigenvalue weighted by atomic mass is 10.2. The van der Waals surface area contributed by atoms with Crippen molar-refractivity contribution in [1.29, 1.82) is 0 Å². The standard InChI is InChI=1S/C15H15NO5/c1-9(2)20-15(19)13(14(17)18)21-12-8-7-10-5-3-4-6-11(10)16-12/h3-9,13H,1-2H3,(H,17,18). The monoisotopic (exact) mass is 289 g/mol. The van der Waals surface area contributed by atoms with Gasteiger partial charge in [0.25, 0.3) is 6.10 Å². The van der Waals surface area contributed by atoms with Crippen LogP contribution in [-0.2, 0) is 14.3 Å². The van der Waals surface area contributed by atoms with E-state index in [1.54, 1.807) is 32.0 Å². The summed E-state index contributed by atoms with van der Waals surface area (Å²) in [5.41, 5.74) is 0.649. The summed E-state index contributed by atoms with van der Waals surface area (Å²) < 4.78 is 10.0. The number of ether oxygens (including phenoxy) is 2. The molecule has 0 aliphatic rings. The maximum Gasteiger partial charge on any atom is 0.359 e. The zero-order valence-electron chi connectivity index (χ0n) is 11.6. The van der Waals surface area contributed by atoms with Crippen LogP contribution in [0.3, 0.4) is 0 Å². The Balaban J connectivity index is 2.22. The normalized spacial score (nSPS) is 12.1. The molecule has 110 valence electrons. The van der Waals surface area contributed by atoms with Gasteiger partial charge in [0.1, 0.15) is 0 Å². The van der Waals surface area contributed by atoms with Crippen LogP contribution in [0.5, 0.6) is 5.88 Å². The van der Waals surface area contributed by atoms with Crippen molar-refractivity contribution in [3.05, 3.63) is 36.4 Å². The fourth-order valence-electron chi connectivity index (χ4n) is 1.73. The Morgan fingerprint density at radius 3 is 2.52 bits per heavy atom. The van der Waals surface area contributed by atoms with Gasteiger partial charge in [-0.25, -0.2) is 14.6 Å². The summed E-state index contributed by atoms with van der Waals surface area (Å²) in [5.74, 6) is -2.31. The van der Waals surface area contributed by atoms with Gasteiger partial charge >= 0.3 is 11.9 Å². The summed E-state index contributed by atoms with van der Waals surface area (Å²) in [6.07, 6.45) is -2.16. The fraction of sp³-hybridized carbons (Fsp3) is 0.267. The molecule has 1 heterocycles. The van der Waals surface area contributed by atoms with Gasteiger partial charge in [0, 0.05) is 11.5 Å². The zero-order valence-corrected chi connectivity index (χ0v) is 11.6. The van der Waals surface area contributed by atoms with Gasteiger partial charge in [-0.3, -0.25) is 0 Å². The number of carboxylic acids is 1. The maximum atomic E-state index is 11.7. The number of rotatable bonds is 5. The minimum atomic E-state index is -1.74. The molecule has 1 N–H and O–H groups in total. The van der Waals surface area contributed by atoms with Crippen molar-refractivity contribution < 1.29 is 24.2 Å². The number of carbonyl (C=O) groups is 2. The minimum Gasteiger partial charge on any atom is -0.478 e. The van der Waals surface area contributed by atoms with Crippen molar-refractivity contribution in [3.63, 3.8) is 0 Å². The van der Waals surface area contributed by atoms with E-state index in [4.69, 9.17) is 14.6 Å². The van der Waals surface area contributed by atoms with Crippen molar-refractivity contribution >= 4 is 22.8 Å². The van der Waals surface area contributed by atoms with Gasteiger partial charge in [-0.2, -0.15) is 0 Å². The molecule has 0 bridgehead atoms. The number of carboxylic acid groups (broad SMARTS) is 1. The molecule has 0 radical (unpaired) electrons. The summed E-state index contributed by atoms with van der Waals surface area (Å²) in [6, 6.07) is 10.6. The second-order valence-corrected chi connectivity index (χ2v) is 4.66. The lowest BCUT2D eigenvalue weighted by molar-refractivity contribution is -0.165. The molecule has 1 atom stereocenters. The van der Waals surface area contributed by atoms with Crippen LogP contribution in [-0.4, -0.2) is 34.2 Å². The van der Waals surface area contributed by atoms with Crippen LogP contribution in [0, 0.1) is 0 Å². The molecule has 0 fully saturated rings. The Kier molecular flexibility index (Phi) is 4.37. The molecule has 21 heavy (non-hydrogen) atoms. The fourth-order valence-corrected chi connectivity index (χ4v) is 1.73. The molecule has 6 nitrogen and oxygen atoms in total. The molecule has 1 aromatic heterocycles. The number of nitrogens with zero attached hydrogens (tertiary/aromatic N) is 1. The van der Waals surface area contributed by atoms with Crippen LogP contribution in [0.15, 0.2) is 36.4 Å². The molecule has 0 aliphatic carbocycles. The first kappa shape index (κ1) is 14.8. The lowest BCUT2D eigenvalue weighted by Gasteiger charge is -2.15. The van der Waals surface area contributed by atoms with Crippen molar-refractivity contribution in [3.8, 4) is 5.88 Å². The molecule has 2 aromatic rings. The highest BCUT2D eigenvalue weighted by Gasteiger charge is 2.31. The summed E-state index contributed by atoms with van der Waals surface area (Å²) in [7, 11) is 0. The summed E-state index contributed by atoms with van der Waals surface area (Å²) in [5, 5.41) is 9.97. The topological polar surface area (TPSA) is 85.7 Å². The number of fused-ring (bicyclic) bond motifs is 1. The van der Waals surface area contributed by atoms with Crippen molar-refractivity contribution in [1.82, 2.24) is 4.98 Å². The number of esters is 1. The second-order valence-electron chi connectivity index (χ2n) is 4.66. The first-order chi connectivity index (χ1) is 9.97. The molecule has 0 saturated carbocycles. The predicted octanol–water partition coefficient (Wildman–Crippen LogP) is 2.02. The molecule has 2 rings (SSSR count). The van der Waals surface area contributed by atoms with E-state index in [-0.39, 0.29) is 5.88 Å².